The second-order valence-corrected chi connectivity index (χ2v) is 13.7. The molecule has 2 heterocycles. The van der Waals surface area contributed by atoms with Crippen LogP contribution in [0.4, 0.5) is 0 Å². The fourth-order valence-corrected chi connectivity index (χ4v) is 6.33. The fraction of sp³-hybridized carbons (Fsp3) is 0.441. The summed E-state index contributed by atoms with van der Waals surface area (Å²) in [5, 5.41) is 21.6. The molecule has 46 heavy (non-hydrogen) atoms. The molecule has 0 radical (unpaired) electrons. The predicted molar refractivity (Wildman–Crippen MR) is 178 cm³/mol. The molecule has 0 aliphatic carbocycles. The molecule has 1 aliphatic heterocycles. The monoisotopic (exact) mass is 649 g/mol. The fourth-order valence-electron chi connectivity index (χ4n) is 5.17. The molecule has 12 heteroatoms. The maximum atomic E-state index is 13.7. The summed E-state index contributed by atoms with van der Waals surface area (Å²) < 4.78 is 5.79. The van der Waals surface area contributed by atoms with E-state index in [9.17, 15) is 24.3 Å². The van der Waals surface area contributed by atoms with Crippen LogP contribution in [0, 0.1) is 5.92 Å². The summed E-state index contributed by atoms with van der Waals surface area (Å²) in [7, 11) is 0. The number of thioether (sulfide) groups is 1. The summed E-state index contributed by atoms with van der Waals surface area (Å²) in [5.41, 5.74) is 0.302. The van der Waals surface area contributed by atoms with E-state index in [4.69, 9.17) is 4.74 Å². The number of aromatic nitrogens is 1. The smallest absolute Gasteiger partial charge is 0.258 e. The quantitative estimate of drug-likeness (QED) is 0.234. The number of pyridine rings is 1. The molecular weight excluding hydrogens is 606 g/mol. The van der Waals surface area contributed by atoms with Gasteiger partial charge in [0.15, 0.2) is 12.7 Å². The van der Waals surface area contributed by atoms with Gasteiger partial charge in [-0.15, -0.1) is 11.8 Å². The average molecular weight is 650 g/mol. The zero-order chi connectivity index (χ0) is 33.4. The molecule has 0 spiro atoms. The largest absolute Gasteiger partial charge is 0.483 e. The molecule has 0 saturated carbocycles. The lowest BCUT2D eigenvalue weighted by Crippen LogP contribution is -2.60. The first-order chi connectivity index (χ1) is 21.8. The molecular formula is C34H43N5O6S. The molecule has 1 aromatic heterocycles. The van der Waals surface area contributed by atoms with Gasteiger partial charge in [0.2, 0.25) is 11.8 Å². The van der Waals surface area contributed by atoms with Gasteiger partial charge in [0.1, 0.15) is 17.8 Å². The Morgan fingerprint density at radius 2 is 1.78 bits per heavy atom. The zero-order valence-corrected chi connectivity index (χ0v) is 27.7. The first-order valence-corrected chi connectivity index (χ1v) is 16.5. The summed E-state index contributed by atoms with van der Waals surface area (Å²) in [6.07, 6.45) is 1.86. The molecule has 4 rings (SSSR count). The zero-order valence-electron chi connectivity index (χ0n) is 26.9. The lowest BCUT2D eigenvalue weighted by Gasteiger charge is -2.32. The summed E-state index contributed by atoms with van der Waals surface area (Å²) in [6.45, 7) is 8.83. The number of amides is 4. The third kappa shape index (κ3) is 9.20. The number of nitrogens with one attached hydrogen (secondary N) is 3. The Labute approximate surface area is 273 Å². The van der Waals surface area contributed by atoms with Gasteiger partial charge < -0.3 is 30.7 Å². The number of benzene rings is 2. The summed E-state index contributed by atoms with van der Waals surface area (Å²) >= 11 is 1.42. The summed E-state index contributed by atoms with van der Waals surface area (Å²) in [6, 6.07) is 13.7. The van der Waals surface area contributed by atoms with E-state index in [0.717, 1.165) is 16.3 Å². The molecule has 0 unspecified atom stereocenters. The second-order valence-electron chi connectivity index (χ2n) is 12.7. The van der Waals surface area contributed by atoms with Crippen molar-refractivity contribution < 1.29 is 29.0 Å². The number of hydrogen-bond acceptors (Lipinski definition) is 8. The Hall–Kier alpha value is -4.16. The molecule has 1 fully saturated rings. The molecule has 2 aromatic carbocycles. The van der Waals surface area contributed by atoms with Crippen molar-refractivity contribution in [1.82, 2.24) is 25.8 Å². The molecule has 11 nitrogen and oxygen atoms in total. The predicted octanol–water partition coefficient (Wildman–Crippen LogP) is 2.66. The number of carbonyl (C=O) groups is 4. The number of aliphatic hydroxyl groups excluding tert-OH is 1. The maximum Gasteiger partial charge on any atom is 0.258 e. The lowest BCUT2D eigenvalue weighted by atomic mass is 9.97. The topological polar surface area (TPSA) is 150 Å². The van der Waals surface area contributed by atoms with Crippen molar-refractivity contribution in [3.05, 3.63) is 72.6 Å². The van der Waals surface area contributed by atoms with Crippen LogP contribution in [0.1, 0.15) is 40.2 Å². The van der Waals surface area contributed by atoms with E-state index in [1.807, 2.05) is 57.2 Å². The van der Waals surface area contributed by atoms with Crippen LogP contribution < -0.4 is 20.7 Å². The molecule has 1 aliphatic rings. The van der Waals surface area contributed by atoms with Crippen LogP contribution in [0.2, 0.25) is 0 Å². The Morgan fingerprint density at radius 1 is 1.04 bits per heavy atom. The minimum atomic E-state index is -1.64. The van der Waals surface area contributed by atoms with E-state index in [0.29, 0.717) is 11.5 Å². The number of rotatable bonds is 12. The highest BCUT2D eigenvalue weighted by Gasteiger charge is 2.41. The van der Waals surface area contributed by atoms with Gasteiger partial charge in [0.05, 0.1) is 11.9 Å². The Balaban J connectivity index is 1.47. The average Bonchev–Trinajstić information content (AvgIpc) is 3.51. The Bertz CT molecular complexity index is 1520. The molecule has 4 amide bonds. The second kappa shape index (κ2) is 15.4. The Kier molecular flexibility index (Phi) is 11.6. The number of nitrogens with zero attached hydrogens (tertiary/aromatic N) is 2. The summed E-state index contributed by atoms with van der Waals surface area (Å²) in [4.78, 5) is 58.8. The highest BCUT2D eigenvalue weighted by Crippen LogP contribution is 2.25. The van der Waals surface area contributed by atoms with Crippen LogP contribution in [-0.4, -0.2) is 86.6 Å². The third-order valence-corrected chi connectivity index (χ3v) is 8.50. The molecule has 246 valence electrons. The SMILES string of the molecule is CC(C)[C@H](NC(=O)COc1cccc2cnccc12)C(=O)N[C@@H](Cc1ccccc1)[C@H](O)C(=O)N1CSC[C@@H]1C(=O)NC(C)(C)C. The van der Waals surface area contributed by atoms with E-state index >= 15 is 0 Å². The standard InChI is InChI=1S/C34H43N5O6S/c1-21(2)29(37-28(40)18-45-27-13-9-12-23-17-35-15-14-24(23)27)32(43)36-25(16-22-10-7-6-8-11-22)30(41)33(44)39-20-46-19-26(39)31(42)38-34(3,4)5/h6-15,17,21,25-26,29-30,41H,16,18-20H2,1-5H3,(H,36,43)(H,37,40)(H,38,42)/t25-,26+,29-,30-/m0/s1. The lowest BCUT2D eigenvalue weighted by molar-refractivity contribution is -0.147. The summed E-state index contributed by atoms with van der Waals surface area (Å²) in [5.74, 6) is -1.17. The van der Waals surface area contributed by atoms with Crippen LogP contribution in [0.3, 0.4) is 0 Å². The molecule has 4 atom stereocenters. The van der Waals surface area contributed by atoms with Crippen molar-refractivity contribution in [2.75, 3.05) is 18.2 Å². The van der Waals surface area contributed by atoms with E-state index in [1.165, 1.54) is 16.7 Å². The van der Waals surface area contributed by atoms with Gasteiger partial charge in [0.25, 0.3) is 11.8 Å². The molecule has 0 bridgehead atoms. The molecule has 4 N–H and O–H groups in total. The van der Waals surface area contributed by atoms with Gasteiger partial charge in [0, 0.05) is 34.5 Å². The van der Waals surface area contributed by atoms with Crippen molar-refractivity contribution in [2.24, 2.45) is 5.92 Å². The van der Waals surface area contributed by atoms with Gasteiger partial charge >= 0.3 is 0 Å². The highest BCUT2D eigenvalue weighted by molar-refractivity contribution is 7.99. The van der Waals surface area contributed by atoms with Gasteiger partial charge in [-0.3, -0.25) is 24.2 Å². The minimum Gasteiger partial charge on any atom is -0.483 e. The van der Waals surface area contributed by atoms with Crippen molar-refractivity contribution in [3.8, 4) is 5.75 Å². The highest BCUT2D eigenvalue weighted by atomic mass is 32.2. The van der Waals surface area contributed by atoms with Crippen LogP contribution in [0.25, 0.3) is 10.8 Å². The van der Waals surface area contributed by atoms with Crippen molar-refractivity contribution in [1.29, 1.82) is 0 Å². The van der Waals surface area contributed by atoms with E-state index in [2.05, 4.69) is 20.9 Å². The van der Waals surface area contributed by atoms with Gasteiger partial charge in [-0.25, -0.2) is 0 Å². The van der Waals surface area contributed by atoms with Crippen molar-refractivity contribution in [3.63, 3.8) is 0 Å². The number of fused-ring (bicyclic) bond motifs is 1. The van der Waals surface area contributed by atoms with Crippen molar-refractivity contribution in [2.45, 2.75) is 70.8 Å². The van der Waals surface area contributed by atoms with Crippen LogP contribution in [0.5, 0.6) is 5.75 Å². The third-order valence-electron chi connectivity index (χ3n) is 7.49. The Morgan fingerprint density at radius 3 is 2.48 bits per heavy atom. The van der Waals surface area contributed by atoms with E-state index < -0.39 is 47.5 Å². The van der Waals surface area contributed by atoms with E-state index in [-0.39, 0.29) is 30.7 Å². The minimum absolute atomic E-state index is 0.150. The van der Waals surface area contributed by atoms with Crippen molar-refractivity contribution >= 4 is 46.2 Å². The molecule has 3 aromatic rings. The normalized spacial score (nSPS) is 16.8. The first kappa shape index (κ1) is 34.7. The van der Waals surface area contributed by atoms with Gasteiger partial charge in [-0.1, -0.05) is 56.3 Å². The number of carbonyl (C=O) groups excluding carboxylic acids is 4. The maximum absolute atomic E-state index is 13.7. The van der Waals surface area contributed by atoms with Gasteiger partial charge in [-0.05, 0) is 50.8 Å². The van der Waals surface area contributed by atoms with Crippen LogP contribution in [0.15, 0.2) is 67.0 Å². The number of aliphatic hydroxyl groups is 1. The van der Waals surface area contributed by atoms with E-state index in [1.54, 1.807) is 44.4 Å². The van der Waals surface area contributed by atoms with Crippen LogP contribution >= 0.6 is 11.8 Å². The first-order valence-electron chi connectivity index (χ1n) is 15.3. The number of hydrogen-bond donors (Lipinski definition) is 4. The van der Waals surface area contributed by atoms with Gasteiger partial charge in [-0.2, -0.15) is 0 Å². The number of ether oxygens (including phenoxy) is 1. The molecule has 1 saturated heterocycles. The van der Waals surface area contributed by atoms with Crippen LogP contribution in [-0.2, 0) is 25.6 Å².